The Kier molecular flexibility index (Phi) is 8.03. The van der Waals surface area contributed by atoms with Crippen LogP contribution in [-0.4, -0.2) is 14.2 Å². The van der Waals surface area contributed by atoms with Crippen molar-refractivity contribution < 1.29 is 27.0 Å². The summed E-state index contributed by atoms with van der Waals surface area (Å²) in [5.74, 6) is 0.191. The molecule has 1 atom stereocenters. The third kappa shape index (κ3) is 5.92. The Morgan fingerprint density at radius 3 is 2.14 bits per heavy atom. The highest BCUT2D eigenvalue weighted by molar-refractivity contribution is 5.76. The van der Waals surface area contributed by atoms with Crippen LogP contribution in [0.1, 0.15) is 48.1 Å². The average molecular weight is 487 g/mol. The van der Waals surface area contributed by atoms with E-state index in [2.05, 4.69) is 11.4 Å². The van der Waals surface area contributed by atoms with E-state index >= 15 is 0 Å². The predicted octanol–water partition coefficient (Wildman–Crippen LogP) is 7.01. The quantitative estimate of drug-likeness (QED) is 0.348. The second-order valence-corrected chi connectivity index (χ2v) is 8.32. The lowest BCUT2D eigenvalue weighted by atomic mass is 9.90. The van der Waals surface area contributed by atoms with Crippen molar-refractivity contribution in [2.45, 2.75) is 38.5 Å². The Bertz CT molecular complexity index is 1220. The van der Waals surface area contributed by atoms with Gasteiger partial charge in [0.25, 0.3) is 0 Å². The van der Waals surface area contributed by atoms with Gasteiger partial charge in [0, 0.05) is 18.2 Å². The Morgan fingerprint density at radius 1 is 0.914 bits per heavy atom. The zero-order valence-corrected chi connectivity index (χ0v) is 19.8. The maximum atomic E-state index is 14.6. The molecule has 4 nitrogen and oxygen atoms in total. The SMILES string of the molecule is COc1ccc(CNC(C#N)c2cc(C(F)(F)F)ccc2-c2cc(C(C)C)c(F)cc2OC)cc1. The molecule has 0 bridgehead atoms. The number of nitriles is 1. The van der Waals surface area contributed by atoms with Gasteiger partial charge in [0.2, 0.25) is 0 Å². The summed E-state index contributed by atoms with van der Waals surface area (Å²) in [4.78, 5) is 0. The van der Waals surface area contributed by atoms with E-state index in [1.54, 1.807) is 37.4 Å². The molecule has 0 aromatic heterocycles. The monoisotopic (exact) mass is 486 g/mol. The molecule has 0 spiro atoms. The number of methoxy groups -OCH3 is 2. The average Bonchev–Trinajstić information content (AvgIpc) is 2.83. The van der Waals surface area contributed by atoms with Gasteiger partial charge < -0.3 is 9.47 Å². The number of benzene rings is 3. The highest BCUT2D eigenvalue weighted by atomic mass is 19.4. The zero-order chi connectivity index (χ0) is 25.8. The van der Waals surface area contributed by atoms with Crippen molar-refractivity contribution >= 4 is 0 Å². The van der Waals surface area contributed by atoms with Crippen LogP contribution in [0.3, 0.4) is 0 Å². The third-order valence-corrected chi connectivity index (χ3v) is 5.72. The lowest BCUT2D eigenvalue weighted by Crippen LogP contribution is -2.21. The summed E-state index contributed by atoms with van der Waals surface area (Å²) in [5, 5.41) is 12.9. The summed E-state index contributed by atoms with van der Waals surface area (Å²) in [6, 6.07) is 14.1. The maximum Gasteiger partial charge on any atom is 0.416 e. The summed E-state index contributed by atoms with van der Waals surface area (Å²) < 4.78 is 65.8. The Balaban J connectivity index is 2.11. The molecule has 35 heavy (non-hydrogen) atoms. The second kappa shape index (κ2) is 10.8. The van der Waals surface area contributed by atoms with Crippen molar-refractivity contribution in [1.82, 2.24) is 5.32 Å². The number of hydrogen-bond donors (Lipinski definition) is 1. The smallest absolute Gasteiger partial charge is 0.416 e. The molecule has 0 saturated heterocycles. The van der Waals surface area contributed by atoms with Gasteiger partial charge in [0.05, 0.1) is 25.9 Å². The van der Waals surface area contributed by atoms with Gasteiger partial charge in [-0.15, -0.1) is 0 Å². The third-order valence-electron chi connectivity index (χ3n) is 5.72. The van der Waals surface area contributed by atoms with Gasteiger partial charge in [-0.1, -0.05) is 32.0 Å². The Hall–Kier alpha value is -3.57. The number of ether oxygens (including phenoxy) is 2. The minimum atomic E-state index is -4.60. The molecule has 8 heteroatoms. The van der Waals surface area contributed by atoms with Gasteiger partial charge in [-0.3, -0.25) is 5.32 Å². The number of alkyl halides is 3. The number of nitrogens with zero attached hydrogens (tertiary/aromatic N) is 1. The van der Waals surface area contributed by atoms with E-state index < -0.39 is 23.6 Å². The molecule has 0 radical (unpaired) electrons. The van der Waals surface area contributed by atoms with Crippen LogP contribution in [-0.2, 0) is 12.7 Å². The molecule has 0 fully saturated rings. The molecule has 0 saturated carbocycles. The largest absolute Gasteiger partial charge is 0.497 e. The molecule has 3 rings (SSSR count). The van der Waals surface area contributed by atoms with Gasteiger partial charge in [0.15, 0.2) is 0 Å². The fourth-order valence-corrected chi connectivity index (χ4v) is 3.81. The number of nitrogens with one attached hydrogen (secondary N) is 1. The van der Waals surface area contributed by atoms with Crippen molar-refractivity contribution in [3.05, 3.63) is 82.7 Å². The first kappa shape index (κ1) is 26.0. The molecular weight excluding hydrogens is 460 g/mol. The first-order chi connectivity index (χ1) is 16.6. The van der Waals surface area contributed by atoms with Crippen LogP contribution in [0.4, 0.5) is 17.6 Å². The molecule has 0 aliphatic rings. The van der Waals surface area contributed by atoms with Crippen molar-refractivity contribution in [3.8, 4) is 28.7 Å². The normalized spacial score (nSPS) is 12.3. The summed E-state index contributed by atoms with van der Waals surface area (Å²) >= 11 is 0. The first-order valence-corrected chi connectivity index (χ1v) is 10.9. The molecular formula is C27H26F4N2O2. The topological polar surface area (TPSA) is 54.3 Å². The van der Waals surface area contributed by atoms with Crippen LogP contribution in [0.25, 0.3) is 11.1 Å². The molecule has 0 aliphatic carbocycles. The van der Waals surface area contributed by atoms with Crippen molar-refractivity contribution in [2.75, 3.05) is 14.2 Å². The second-order valence-electron chi connectivity index (χ2n) is 8.32. The van der Waals surface area contributed by atoms with E-state index in [4.69, 9.17) is 9.47 Å². The Morgan fingerprint density at radius 2 is 1.60 bits per heavy atom. The molecule has 0 aliphatic heterocycles. The van der Waals surface area contributed by atoms with Crippen molar-refractivity contribution in [3.63, 3.8) is 0 Å². The van der Waals surface area contributed by atoms with Gasteiger partial charge in [-0.05, 0) is 58.5 Å². The van der Waals surface area contributed by atoms with E-state index in [1.165, 1.54) is 19.2 Å². The van der Waals surface area contributed by atoms with Crippen LogP contribution in [0.2, 0.25) is 0 Å². The summed E-state index contributed by atoms with van der Waals surface area (Å²) in [6.07, 6.45) is -4.60. The molecule has 1 N–H and O–H groups in total. The lowest BCUT2D eigenvalue weighted by molar-refractivity contribution is -0.137. The predicted molar refractivity (Wildman–Crippen MR) is 126 cm³/mol. The van der Waals surface area contributed by atoms with E-state index in [0.29, 0.717) is 22.4 Å². The van der Waals surface area contributed by atoms with E-state index in [-0.39, 0.29) is 23.8 Å². The first-order valence-electron chi connectivity index (χ1n) is 10.9. The van der Waals surface area contributed by atoms with E-state index in [1.807, 2.05) is 13.8 Å². The van der Waals surface area contributed by atoms with Gasteiger partial charge in [0.1, 0.15) is 23.4 Å². The minimum Gasteiger partial charge on any atom is -0.497 e. The van der Waals surface area contributed by atoms with Crippen LogP contribution >= 0.6 is 0 Å². The number of hydrogen-bond acceptors (Lipinski definition) is 4. The maximum absolute atomic E-state index is 14.6. The summed E-state index contributed by atoms with van der Waals surface area (Å²) in [7, 11) is 2.91. The van der Waals surface area contributed by atoms with Gasteiger partial charge in [-0.25, -0.2) is 4.39 Å². The molecule has 3 aromatic carbocycles. The minimum absolute atomic E-state index is 0.121. The van der Waals surface area contributed by atoms with Crippen LogP contribution in [0.5, 0.6) is 11.5 Å². The van der Waals surface area contributed by atoms with E-state index in [9.17, 15) is 22.8 Å². The van der Waals surface area contributed by atoms with Crippen LogP contribution < -0.4 is 14.8 Å². The van der Waals surface area contributed by atoms with Gasteiger partial charge >= 0.3 is 6.18 Å². The lowest BCUT2D eigenvalue weighted by Gasteiger charge is -2.21. The zero-order valence-electron chi connectivity index (χ0n) is 19.8. The highest BCUT2D eigenvalue weighted by Gasteiger charge is 2.32. The number of halogens is 4. The number of rotatable bonds is 8. The van der Waals surface area contributed by atoms with Crippen LogP contribution in [0, 0.1) is 17.1 Å². The standard InChI is InChI=1S/C27H26F4N2O2/c1-16(2)21-12-23(26(35-4)13-24(21)28)20-10-7-18(27(29,30)31)11-22(20)25(14-32)33-15-17-5-8-19(34-3)9-6-17/h5-13,16,25,33H,15H2,1-4H3. The summed E-state index contributed by atoms with van der Waals surface area (Å²) in [5.41, 5.74) is 1.22. The molecule has 0 amide bonds. The van der Waals surface area contributed by atoms with Crippen molar-refractivity contribution in [1.29, 1.82) is 5.26 Å². The fraction of sp³-hybridized carbons (Fsp3) is 0.296. The molecule has 0 heterocycles. The molecule has 1 unspecified atom stereocenters. The highest BCUT2D eigenvalue weighted by Crippen LogP contribution is 2.41. The Labute approximate surface area is 202 Å². The van der Waals surface area contributed by atoms with Crippen LogP contribution in [0.15, 0.2) is 54.6 Å². The van der Waals surface area contributed by atoms with Gasteiger partial charge in [-0.2, -0.15) is 18.4 Å². The molecule has 3 aromatic rings. The van der Waals surface area contributed by atoms with E-state index in [0.717, 1.165) is 17.7 Å². The van der Waals surface area contributed by atoms with Crippen molar-refractivity contribution in [2.24, 2.45) is 0 Å². The summed E-state index contributed by atoms with van der Waals surface area (Å²) in [6.45, 7) is 3.86. The molecule has 184 valence electrons. The fourth-order valence-electron chi connectivity index (χ4n) is 3.81.